The molecule has 5 nitrogen and oxygen atoms in total. The van der Waals surface area contributed by atoms with Crippen LogP contribution in [0.3, 0.4) is 0 Å². The van der Waals surface area contributed by atoms with Crippen molar-refractivity contribution in [2.24, 2.45) is 10.9 Å². The van der Waals surface area contributed by atoms with Crippen LogP contribution in [0, 0.1) is 5.92 Å². The molecule has 0 radical (unpaired) electrons. The SMILES string of the molecule is CCNC(=NCC1CCN(C2CC2)C1)NCCN1CCCCC1. The highest BCUT2D eigenvalue weighted by atomic mass is 15.2. The number of nitrogens with zero attached hydrogens (tertiary/aromatic N) is 3. The van der Waals surface area contributed by atoms with Gasteiger partial charge in [0.1, 0.15) is 0 Å². The fraction of sp³-hybridized carbons (Fsp3) is 0.944. The van der Waals surface area contributed by atoms with E-state index in [2.05, 4.69) is 27.4 Å². The molecule has 0 bridgehead atoms. The fourth-order valence-corrected chi connectivity index (χ4v) is 3.86. The summed E-state index contributed by atoms with van der Waals surface area (Å²) in [5, 5.41) is 6.92. The number of guanidine groups is 1. The Bertz CT molecular complexity index is 374. The van der Waals surface area contributed by atoms with Crippen LogP contribution >= 0.6 is 0 Å². The molecule has 0 aromatic carbocycles. The summed E-state index contributed by atoms with van der Waals surface area (Å²) in [5.74, 6) is 1.77. The number of nitrogens with one attached hydrogen (secondary N) is 2. The lowest BCUT2D eigenvalue weighted by molar-refractivity contribution is 0.232. The quantitative estimate of drug-likeness (QED) is 0.551. The van der Waals surface area contributed by atoms with E-state index >= 15 is 0 Å². The standard InChI is InChI=1S/C18H35N5/c1-2-19-18(20-9-13-22-10-4-3-5-11-22)21-14-16-8-12-23(15-16)17-6-7-17/h16-17H,2-15H2,1H3,(H2,19,20,21). The fourth-order valence-electron chi connectivity index (χ4n) is 3.86. The van der Waals surface area contributed by atoms with Gasteiger partial charge in [-0.3, -0.25) is 4.99 Å². The van der Waals surface area contributed by atoms with Crippen molar-refractivity contribution in [3.05, 3.63) is 0 Å². The van der Waals surface area contributed by atoms with E-state index in [1.165, 1.54) is 64.7 Å². The molecule has 1 aliphatic carbocycles. The van der Waals surface area contributed by atoms with Gasteiger partial charge in [-0.2, -0.15) is 0 Å². The van der Waals surface area contributed by atoms with E-state index in [4.69, 9.17) is 4.99 Å². The molecule has 2 N–H and O–H groups in total. The lowest BCUT2D eigenvalue weighted by Crippen LogP contribution is -2.43. The van der Waals surface area contributed by atoms with Crippen LogP contribution in [0.1, 0.15) is 45.4 Å². The van der Waals surface area contributed by atoms with Crippen molar-refractivity contribution in [3.63, 3.8) is 0 Å². The van der Waals surface area contributed by atoms with Crippen LogP contribution in [-0.2, 0) is 0 Å². The van der Waals surface area contributed by atoms with Gasteiger partial charge < -0.3 is 20.4 Å². The lowest BCUT2D eigenvalue weighted by atomic mass is 10.1. The highest BCUT2D eigenvalue weighted by molar-refractivity contribution is 5.79. The molecule has 0 amide bonds. The van der Waals surface area contributed by atoms with Crippen LogP contribution in [0.25, 0.3) is 0 Å². The molecule has 1 atom stereocenters. The molecule has 3 fully saturated rings. The minimum Gasteiger partial charge on any atom is -0.357 e. The molecule has 5 heteroatoms. The Morgan fingerprint density at radius 3 is 2.61 bits per heavy atom. The number of likely N-dealkylation sites (tertiary alicyclic amines) is 2. The first-order valence-electron chi connectivity index (χ1n) is 9.83. The Balaban J connectivity index is 1.36. The van der Waals surface area contributed by atoms with E-state index in [0.717, 1.165) is 44.1 Å². The van der Waals surface area contributed by atoms with Crippen molar-refractivity contribution in [1.29, 1.82) is 0 Å². The summed E-state index contributed by atoms with van der Waals surface area (Å²) in [7, 11) is 0. The van der Waals surface area contributed by atoms with Crippen LogP contribution < -0.4 is 10.6 Å². The maximum absolute atomic E-state index is 4.84. The third-order valence-corrected chi connectivity index (χ3v) is 5.40. The Kier molecular flexibility index (Phi) is 6.57. The Morgan fingerprint density at radius 2 is 1.87 bits per heavy atom. The first kappa shape index (κ1) is 17.0. The Labute approximate surface area is 141 Å². The number of hydrogen-bond donors (Lipinski definition) is 2. The van der Waals surface area contributed by atoms with Gasteiger partial charge in [0, 0.05) is 38.8 Å². The second-order valence-electron chi connectivity index (χ2n) is 7.43. The number of piperidine rings is 1. The van der Waals surface area contributed by atoms with Gasteiger partial charge in [0.2, 0.25) is 0 Å². The predicted molar refractivity (Wildman–Crippen MR) is 97.0 cm³/mol. The summed E-state index contributed by atoms with van der Waals surface area (Å²) in [4.78, 5) is 10.1. The van der Waals surface area contributed by atoms with Crippen molar-refractivity contribution in [2.45, 2.75) is 51.5 Å². The van der Waals surface area contributed by atoms with Crippen LogP contribution in [-0.4, -0.2) is 74.2 Å². The topological polar surface area (TPSA) is 42.9 Å². The third kappa shape index (κ3) is 5.64. The number of aliphatic imine (C=N–C) groups is 1. The van der Waals surface area contributed by atoms with Crippen molar-refractivity contribution < 1.29 is 0 Å². The molecule has 23 heavy (non-hydrogen) atoms. The second-order valence-corrected chi connectivity index (χ2v) is 7.43. The van der Waals surface area contributed by atoms with Crippen LogP contribution in [0.2, 0.25) is 0 Å². The maximum Gasteiger partial charge on any atom is 0.191 e. The van der Waals surface area contributed by atoms with Crippen LogP contribution in [0.4, 0.5) is 0 Å². The van der Waals surface area contributed by atoms with Crippen molar-refractivity contribution in [2.75, 3.05) is 52.4 Å². The zero-order valence-corrected chi connectivity index (χ0v) is 14.9. The normalized spacial score (nSPS) is 27.3. The van der Waals surface area contributed by atoms with Crippen LogP contribution in [0.15, 0.2) is 4.99 Å². The molecule has 1 saturated carbocycles. The third-order valence-electron chi connectivity index (χ3n) is 5.40. The molecule has 0 aromatic rings. The monoisotopic (exact) mass is 321 g/mol. The molecular weight excluding hydrogens is 286 g/mol. The average Bonchev–Trinajstić information content (AvgIpc) is 3.32. The zero-order valence-electron chi connectivity index (χ0n) is 14.9. The summed E-state index contributed by atoms with van der Waals surface area (Å²) in [6.07, 6.45) is 8.33. The van der Waals surface area contributed by atoms with E-state index in [0.29, 0.717) is 0 Å². The van der Waals surface area contributed by atoms with E-state index in [9.17, 15) is 0 Å². The van der Waals surface area contributed by atoms with Crippen LogP contribution in [0.5, 0.6) is 0 Å². The van der Waals surface area contributed by atoms with Crippen molar-refractivity contribution in [1.82, 2.24) is 20.4 Å². The van der Waals surface area contributed by atoms with Crippen molar-refractivity contribution in [3.8, 4) is 0 Å². The number of rotatable bonds is 7. The highest BCUT2D eigenvalue weighted by Crippen LogP contribution is 2.31. The summed E-state index contributed by atoms with van der Waals surface area (Å²) in [6.45, 7) is 11.3. The van der Waals surface area contributed by atoms with E-state index in [1.54, 1.807) is 0 Å². The number of hydrogen-bond acceptors (Lipinski definition) is 3. The molecule has 0 spiro atoms. The predicted octanol–water partition coefficient (Wildman–Crippen LogP) is 1.51. The minimum atomic E-state index is 0.758. The minimum absolute atomic E-state index is 0.758. The second kappa shape index (κ2) is 8.88. The van der Waals surface area contributed by atoms with Gasteiger partial charge in [0.15, 0.2) is 5.96 Å². The largest absolute Gasteiger partial charge is 0.357 e. The molecule has 132 valence electrons. The molecule has 3 aliphatic rings. The molecule has 3 rings (SSSR count). The van der Waals surface area contributed by atoms with Gasteiger partial charge in [-0.25, -0.2) is 0 Å². The van der Waals surface area contributed by atoms with Gasteiger partial charge in [0.25, 0.3) is 0 Å². The highest BCUT2D eigenvalue weighted by Gasteiger charge is 2.34. The van der Waals surface area contributed by atoms with Gasteiger partial charge in [-0.1, -0.05) is 6.42 Å². The van der Waals surface area contributed by atoms with E-state index in [-0.39, 0.29) is 0 Å². The molecule has 2 aliphatic heterocycles. The van der Waals surface area contributed by atoms with Gasteiger partial charge >= 0.3 is 0 Å². The zero-order chi connectivity index (χ0) is 15.9. The summed E-state index contributed by atoms with van der Waals surface area (Å²) in [5.41, 5.74) is 0. The molecule has 1 unspecified atom stereocenters. The van der Waals surface area contributed by atoms with Gasteiger partial charge in [-0.05, 0) is 64.6 Å². The average molecular weight is 322 g/mol. The van der Waals surface area contributed by atoms with E-state index in [1.807, 2.05) is 0 Å². The smallest absolute Gasteiger partial charge is 0.191 e. The molecule has 2 saturated heterocycles. The summed E-state index contributed by atoms with van der Waals surface area (Å²) in [6, 6.07) is 0.917. The first-order chi connectivity index (χ1) is 11.3. The van der Waals surface area contributed by atoms with Gasteiger partial charge in [-0.15, -0.1) is 0 Å². The lowest BCUT2D eigenvalue weighted by Gasteiger charge is -2.26. The molecule has 0 aromatic heterocycles. The Hall–Kier alpha value is -0.810. The molecular formula is C18H35N5. The first-order valence-corrected chi connectivity index (χ1v) is 9.83. The van der Waals surface area contributed by atoms with Gasteiger partial charge in [0.05, 0.1) is 0 Å². The summed E-state index contributed by atoms with van der Waals surface area (Å²) >= 11 is 0. The summed E-state index contributed by atoms with van der Waals surface area (Å²) < 4.78 is 0. The molecule has 2 heterocycles. The van der Waals surface area contributed by atoms with Crippen molar-refractivity contribution >= 4 is 5.96 Å². The Morgan fingerprint density at radius 1 is 1.04 bits per heavy atom. The van der Waals surface area contributed by atoms with E-state index < -0.39 is 0 Å². The maximum atomic E-state index is 4.84.